The number of halogens is 2. The number of thiazole rings is 1. The van der Waals surface area contributed by atoms with Crippen molar-refractivity contribution >= 4 is 50.7 Å². The van der Waals surface area contributed by atoms with Gasteiger partial charge in [-0.3, -0.25) is 4.79 Å². The number of rotatable bonds is 5. The number of methoxy groups -OCH3 is 1. The summed E-state index contributed by atoms with van der Waals surface area (Å²) in [7, 11) is 1.46. The first-order chi connectivity index (χ1) is 14.0. The van der Waals surface area contributed by atoms with Crippen LogP contribution in [0.5, 0.6) is 5.75 Å². The lowest BCUT2D eigenvalue weighted by Gasteiger charge is -2.11. The van der Waals surface area contributed by atoms with Crippen molar-refractivity contribution in [1.29, 1.82) is 0 Å². The third-order valence-electron chi connectivity index (χ3n) is 4.40. The van der Waals surface area contributed by atoms with Crippen LogP contribution in [0, 0.1) is 0 Å². The summed E-state index contributed by atoms with van der Waals surface area (Å²) in [5.74, 6) is 0.00116. The van der Waals surface area contributed by atoms with E-state index < -0.39 is 0 Å². The number of aromatic nitrogens is 1. The maximum atomic E-state index is 12.6. The van der Waals surface area contributed by atoms with Crippen molar-refractivity contribution in [2.24, 2.45) is 0 Å². The molecule has 0 aliphatic heterocycles. The van der Waals surface area contributed by atoms with Gasteiger partial charge in [-0.15, -0.1) is 11.3 Å². The van der Waals surface area contributed by atoms with Crippen molar-refractivity contribution in [2.45, 2.75) is 6.54 Å². The van der Waals surface area contributed by atoms with Gasteiger partial charge in [-0.25, -0.2) is 4.98 Å². The zero-order chi connectivity index (χ0) is 20.4. The van der Waals surface area contributed by atoms with Crippen LogP contribution in [-0.4, -0.2) is 18.0 Å². The Bertz CT molecular complexity index is 1160. The Morgan fingerprint density at radius 3 is 2.59 bits per heavy atom. The van der Waals surface area contributed by atoms with Gasteiger partial charge in [-0.2, -0.15) is 0 Å². The van der Waals surface area contributed by atoms with Gasteiger partial charge in [0.1, 0.15) is 10.8 Å². The summed E-state index contributed by atoms with van der Waals surface area (Å²) in [6.45, 7) is 0.367. The van der Waals surface area contributed by atoms with Gasteiger partial charge in [0, 0.05) is 17.1 Å². The third-order valence-corrected chi connectivity index (χ3v) is 5.99. The van der Waals surface area contributed by atoms with Gasteiger partial charge < -0.3 is 10.1 Å². The highest BCUT2D eigenvalue weighted by atomic mass is 35.5. The summed E-state index contributed by atoms with van der Waals surface area (Å²) in [4.78, 5) is 17.2. The first kappa shape index (κ1) is 19.7. The fourth-order valence-corrected chi connectivity index (χ4v) is 4.52. The Kier molecular flexibility index (Phi) is 5.72. The van der Waals surface area contributed by atoms with Crippen LogP contribution < -0.4 is 10.1 Å². The van der Waals surface area contributed by atoms with Crippen molar-refractivity contribution in [3.63, 3.8) is 0 Å². The van der Waals surface area contributed by atoms with Crippen LogP contribution in [0.4, 0.5) is 0 Å². The zero-order valence-corrected chi connectivity index (χ0v) is 17.7. The van der Waals surface area contributed by atoms with Gasteiger partial charge in [0.05, 0.1) is 27.9 Å². The monoisotopic (exact) mass is 442 g/mol. The predicted octanol–water partition coefficient (Wildman–Crippen LogP) is 6.21. The van der Waals surface area contributed by atoms with Crippen LogP contribution >= 0.6 is 34.5 Å². The average molecular weight is 443 g/mol. The van der Waals surface area contributed by atoms with Gasteiger partial charge in [0.15, 0.2) is 0 Å². The van der Waals surface area contributed by atoms with Crippen LogP contribution in [0.2, 0.25) is 10.0 Å². The quantitative estimate of drug-likeness (QED) is 0.399. The van der Waals surface area contributed by atoms with Gasteiger partial charge in [-0.05, 0) is 29.8 Å². The summed E-state index contributed by atoms with van der Waals surface area (Å²) >= 11 is 13.8. The van der Waals surface area contributed by atoms with E-state index >= 15 is 0 Å². The third kappa shape index (κ3) is 4.22. The first-order valence-corrected chi connectivity index (χ1v) is 10.4. The molecular formula is C22H16Cl2N2O2S. The smallest absolute Gasteiger partial charge is 0.255 e. The number of amides is 1. The zero-order valence-electron chi connectivity index (χ0n) is 15.4. The van der Waals surface area contributed by atoms with E-state index in [4.69, 9.17) is 27.9 Å². The Hall–Kier alpha value is -2.60. The standard InChI is InChI=1S/C22H16Cl2N2O2S/c1-28-20-16(10-15(23)11-17(20)24)21(27)25-12-13-6-8-14(9-7-13)22-26-18-4-2-3-5-19(18)29-22/h2-11H,12H2,1H3,(H,25,27). The molecule has 4 aromatic rings. The fourth-order valence-electron chi connectivity index (χ4n) is 2.97. The molecule has 29 heavy (non-hydrogen) atoms. The highest BCUT2D eigenvalue weighted by molar-refractivity contribution is 7.21. The number of fused-ring (bicyclic) bond motifs is 1. The second kappa shape index (κ2) is 8.41. The number of hydrogen-bond donors (Lipinski definition) is 1. The van der Waals surface area contributed by atoms with E-state index in [0.29, 0.717) is 27.9 Å². The second-order valence-corrected chi connectivity index (χ2v) is 8.21. The lowest BCUT2D eigenvalue weighted by atomic mass is 10.1. The number of ether oxygens (including phenoxy) is 1. The lowest BCUT2D eigenvalue weighted by molar-refractivity contribution is 0.0948. The molecule has 1 aromatic heterocycles. The van der Waals surface area contributed by atoms with E-state index in [2.05, 4.69) is 16.4 Å². The molecule has 0 aliphatic carbocycles. The topological polar surface area (TPSA) is 51.2 Å². The van der Waals surface area contributed by atoms with E-state index in [1.54, 1.807) is 17.4 Å². The SMILES string of the molecule is COc1c(Cl)cc(Cl)cc1C(=O)NCc1ccc(-c2nc3ccccc3s2)cc1. The summed E-state index contributed by atoms with van der Waals surface area (Å²) in [6, 6.07) is 19.1. The molecular weight excluding hydrogens is 427 g/mol. The number of nitrogens with zero attached hydrogens (tertiary/aromatic N) is 1. The molecule has 0 radical (unpaired) electrons. The highest BCUT2D eigenvalue weighted by Gasteiger charge is 2.16. The van der Waals surface area contributed by atoms with E-state index in [1.807, 2.05) is 42.5 Å². The molecule has 0 atom stereocenters. The van der Waals surface area contributed by atoms with Crippen molar-refractivity contribution < 1.29 is 9.53 Å². The molecule has 1 N–H and O–H groups in total. The van der Waals surface area contributed by atoms with Crippen molar-refractivity contribution in [2.75, 3.05) is 7.11 Å². The highest BCUT2D eigenvalue weighted by Crippen LogP contribution is 2.32. The van der Waals surface area contributed by atoms with Crippen LogP contribution in [0.3, 0.4) is 0 Å². The molecule has 0 fully saturated rings. The Balaban J connectivity index is 1.47. The Labute approximate surface area is 182 Å². The minimum absolute atomic E-state index is 0.297. The van der Waals surface area contributed by atoms with Crippen LogP contribution in [0.25, 0.3) is 20.8 Å². The molecule has 0 spiro atoms. The summed E-state index contributed by atoms with van der Waals surface area (Å²) in [5, 5.41) is 4.52. The molecule has 0 aliphatic rings. The molecule has 4 nitrogen and oxygen atoms in total. The molecule has 7 heteroatoms. The van der Waals surface area contributed by atoms with E-state index in [9.17, 15) is 4.79 Å². The molecule has 0 unspecified atom stereocenters. The Morgan fingerprint density at radius 1 is 1.10 bits per heavy atom. The summed E-state index contributed by atoms with van der Waals surface area (Å²) in [5.41, 5.74) is 3.31. The number of benzene rings is 3. The van der Waals surface area contributed by atoms with E-state index in [1.165, 1.54) is 13.2 Å². The van der Waals surface area contributed by atoms with Gasteiger partial charge in [-0.1, -0.05) is 59.6 Å². The van der Waals surface area contributed by atoms with Crippen LogP contribution in [-0.2, 0) is 6.54 Å². The normalized spacial score (nSPS) is 10.9. The average Bonchev–Trinajstić information content (AvgIpc) is 3.16. The predicted molar refractivity (Wildman–Crippen MR) is 119 cm³/mol. The number of nitrogens with one attached hydrogen (secondary N) is 1. The minimum Gasteiger partial charge on any atom is -0.494 e. The fraction of sp³-hybridized carbons (Fsp3) is 0.0909. The van der Waals surface area contributed by atoms with Crippen molar-refractivity contribution in [3.8, 4) is 16.3 Å². The maximum absolute atomic E-state index is 12.6. The largest absolute Gasteiger partial charge is 0.494 e. The van der Waals surface area contributed by atoms with Crippen LogP contribution in [0.15, 0.2) is 60.7 Å². The maximum Gasteiger partial charge on any atom is 0.255 e. The lowest BCUT2D eigenvalue weighted by Crippen LogP contribution is -2.23. The first-order valence-electron chi connectivity index (χ1n) is 8.81. The van der Waals surface area contributed by atoms with Gasteiger partial charge in [0.2, 0.25) is 0 Å². The number of carbonyl (C=O) groups is 1. The van der Waals surface area contributed by atoms with Crippen molar-refractivity contribution in [1.82, 2.24) is 10.3 Å². The number of hydrogen-bond acceptors (Lipinski definition) is 4. The van der Waals surface area contributed by atoms with E-state index in [0.717, 1.165) is 26.4 Å². The number of para-hydroxylation sites is 1. The summed E-state index contributed by atoms with van der Waals surface area (Å²) in [6.07, 6.45) is 0. The van der Waals surface area contributed by atoms with Crippen molar-refractivity contribution in [3.05, 3.63) is 81.8 Å². The second-order valence-electron chi connectivity index (χ2n) is 6.33. The molecule has 4 rings (SSSR count). The number of carbonyl (C=O) groups excluding carboxylic acids is 1. The molecule has 1 heterocycles. The molecule has 1 amide bonds. The molecule has 3 aromatic carbocycles. The summed E-state index contributed by atoms with van der Waals surface area (Å²) < 4.78 is 6.40. The van der Waals surface area contributed by atoms with Crippen LogP contribution in [0.1, 0.15) is 15.9 Å². The Morgan fingerprint density at radius 2 is 1.86 bits per heavy atom. The molecule has 146 valence electrons. The van der Waals surface area contributed by atoms with Gasteiger partial charge >= 0.3 is 0 Å². The minimum atomic E-state index is -0.304. The van der Waals surface area contributed by atoms with E-state index in [-0.39, 0.29) is 5.91 Å². The molecule has 0 bridgehead atoms. The molecule has 0 saturated heterocycles. The van der Waals surface area contributed by atoms with Gasteiger partial charge in [0.25, 0.3) is 5.91 Å². The molecule has 0 saturated carbocycles.